The Morgan fingerprint density at radius 1 is 1.41 bits per heavy atom. The normalized spacial score (nSPS) is 11.3. The number of carbonyl (C=O) groups excluding carboxylic acids is 1. The van der Waals surface area contributed by atoms with Crippen molar-refractivity contribution >= 4 is 17.6 Å². The van der Waals surface area contributed by atoms with Gasteiger partial charge in [0.15, 0.2) is 0 Å². The van der Waals surface area contributed by atoms with Crippen LogP contribution in [0.3, 0.4) is 0 Å². The van der Waals surface area contributed by atoms with Gasteiger partial charge in [-0.2, -0.15) is 4.89 Å². The molecule has 0 aromatic heterocycles. The topological polar surface area (TPSA) is 44.8 Å². The average molecular weight is 259 g/mol. The van der Waals surface area contributed by atoms with Crippen LogP contribution in [0, 0.1) is 0 Å². The van der Waals surface area contributed by atoms with Gasteiger partial charge in [-0.1, -0.05) is 24.6 Å². The molecule has 0 atom stereocenters. The molecule has 5 heteroatoms. The number of halogens is 1. The van der Waals surface area contributed by atoms with Gasteiger partial charge in [-0.15, -0.1) is 0 Å². The number of hydrogen-bond acceptors (Lipinski definition) is 4. The van der Waals surface area contributed by atoms with Crippen LogP contribution < -0.4 is 0 Å². The molecule has 17 heavy (non-hydrogen) atoms. The smallest absolute Gasteiger partial charge is 0.263 e. The largest absolute Gasteiger partial charge is 0.376 e. The maximum absolute atomic E-state index is 11.5. The van der Waals surface area contributed by atoms with E-state index in [9.17, 15) is 4.79 Å². The van der Waals surface area contributed by atoms with Gasteiger partial charge in [-0.3, -0.25) is 4.89 Å². The van der Waals surface area contributed by atoms with Gasteiger partial charge < -0.3 is 0 Å². The Morgan fingerprint density at radius 2 is 2.12 bits per heavy atom. The summed E-state index contributed by atoms with van der Waals surface area (Å²) in [6.45, 7) is 5.57. The number of benzene rings is 1. The van der Waals surface area contributed by atoms with E-state index in [1.807, 2.05) is 20.8 Å². The second-order valence-electron chi connectivity index (χ2n) is 4.15. The minimum atomic E-state index is -0.653. The maximum Gasteiger partial charge on any atom is 0.376 e. The second-order valence-corrected chi connectivity index (χ2v) is 4.58. The van der Waals surface area contributed by atoms with Crippen molar-refractivity contribution in [2.45, 2.75) is 32.8 Å². The molecule has 1 aromatic carbocycles. The molecule has 0 heterocycles. The van der Waals surface area contributed by atoms with Crippen LogP contribution in [0.1, 0.15) is 37.6 Å². The van der Waals surface area contributed by atoms with Crippen molar-refractivity contribution in [3.63, 3.8) is 0 Å². The molecule has 0 radical (unpaired) electrons. The highest BCUT2D eigenvalue weighted by Crippen LogP contribution is 2.15. The van der Waals surface area contributed by atoms with Gasteiger partial charge in [-0.05, 0) is 43.5 Å². The summed E-state index contributed by atoms with van der Waals surface area (Å²) in [5.41, 5.74) is -0.204. The molecule has 0 saturated carbocycles. The Balaban J connectivity index is 2.46. The quantitative estimate of drug-likeness (QED) is 0.598. The highest BCUT2D eigenvalue weighted by atomic mass is 35.5. The minimum Gasteiger partial charge on any atom is -0.263 e. The molecule has 0 aliphatic heterocycles. The molecule has 0 amide bonds. The summed E-state index contributed by atoms with van der Waals surface area (Å²) in [5.74, 6) is -0.653. The Labute approximate surface area is 105 Å². The van der Waals surface area contributed by atoms with Crippen molar-refractivity contribution in [1.29, 1.82) is 0 Å². The Hall–Kier alpha value is -1.10. The molecular weight excluding hydrogens is 244 g/mol. The standard InChI is InChI=1S/C12H15ClO4/c1-4-12(2,3)16-17-15-11(14)9-6-5-7-10(13)8-9/h5-8H,4H2,1-3H3. The molecule has 1 rings (SSSR count). The van der Waals surface area contributed by atoms with E-state index in [1.165, 1.54) is 6.07 Å². The monoisotopic (exact) mass is 258 g/mol. The average Bonchev–Trinajstić information content (AvgIpc) is 2.28. The summed E-state index contributed by atoms with van der Waals surface area (Å²) in [4.78, 5) is 20.9. The van der Waals surface area contributed by atoms with Gasteiger partial charge >= 0.3 is 5.97 Å². The third kappa shape index (κ3) is 4.73. The minimum absolute atomic E-state index is 0.301. The van der Waals surface area contributed by atoms with E-state index < -0.39 is 11.6 Å². The number of rotatable bonds is 5. The van der Waals surface area contributed by atoms with Gasteiger partial charge in [0.1, 0.15) is 5.60 Å². The van der Waals surface area contributed by atoms with Crippen molar-refractivity contribution in [3.8, 4) is 0 Å². The van der Waals surface area contributed by atoms with E-state index >= 15 is 0 Å². The van der Waals surface area contributed by atoms with Gasteiger partial charge in [-0.25, -0.2) is 4.79 Å². The zero-order chi connectivity index (χ0) is 12.9. The van der Waals surface area contributed by atoms with E-state index in [4.69, 9.17) is 16.5 Å². The van der Waals surface area contributed by atoms with Crippen molar-refractivity contribution in [2.24, 2.45) is 0 Å². The van der Waals surface area contributed by atoms with Crippen molar-refractivity contribution in [3.05, 3.63) is 34.9 Å². The first-order valence-electron chi connectivity index (χ1n) is 5.27. The highest BCUT2D eigenvalue weighted by Gasteiger charge is 2.19. The highest BCUT2D eigenvalue weighted by molar-refractivity contribution is 6.30. The zero-order valence-electron chi connectivity index (χ0n) is 10.0. The van der Waals surface area contributed by atoms with Crippen LogP contribution in [0.25, 0.3) is 0 Å². The van der Waals surface area contributed by atoms with Crippen molar-refractivity contribution < 1.29 is 19.6 Å². The number of hydrogen-bond donors (Lipinski definition) is 0. The SMILES string of the molecule is CCC(C)(C)OOOC(=O)c1cccc(Cl)c1. The third-order valence-corrected chi connectivity index (χ3v) is 2.52. The van der Waals surface area contributed by atoms with Crippen LogP contribution in [0.5, 0.6) is 0 Å². The van der Waals surface area contributed by atoms with Crippen molar-refractivity contribution in [1.82, 2.24) is 0 Å². The van der Waals surface area contributed by atoms with E-state index in [-0.39, 0.29) is 0 Å². The van der Waals surface area contributed by atoms with Gasteiger partial charge in [0.05, 0.1) is 5.56 Å². The first-order valence-corrected chi connectivity index (χ1v) is 5.64. The lowest BCUT2D eigenvalue weighted by molar-refractivity contribution is -0.512. The number of carbonyl (C=O) groups is 1. The van der Waals surface area contributed by atoms with Crippen LogP contribution in [0.15, 0.2) is 24.3 Å². The summed E-state index contributed by atoms with van der Waals surface area (Å²) in [6.07, 6.45) is 0.724. The predicted octanol–water partition coefficient (Wildman–Crippen LogP) is 3.55. The molecule has 0 aliphatic rings. The fourth-order valence-corrected chi connectivity index (χ4v) is 1.05. The second kappa shape index (κ2) is 6.00. The molecule has 0 unspecified atom stereocenters. The summed E-state index contributed by atoms with van der Waals surface area (Å²) >= 11 is 5.74. The first-order chi connectivity index (χ1) is 7.94. The van der Waals surface area contributed by atoms with Crippen LogP contribution in [0.4, 0.5) is 0 Å². The molecular formula is C12H15ClO4. The lowest BCUT2D eigenvalue weighted by Gasteiger charge is -2.19. The molecule has 0 saturated heterocycles. The molecule has 0 aliphatic carbocycles. The van der Waals surface area contributed by atoms with Crippen LogP contribution in [0.2, 0.25) is 5.02 Å². The summed E-state index contributed by atoms with van der Waals surface area (Å²) in [5, 5.41) is 4.91. The van der Waals surface area contributed by atoms with Crippen LogP contribution >= 0.6 is 11.6 Å². The van der Waals surface area contributed by atoms with Gasteiger partial charge in [0, 0.05) is 5.02 Å². The molecule has 4 nitrogen and oxygen atoms in total. The zero-order valence-corrected chi connectivity index (χ0v) is 10.8. The lowest BCUT2D eigenvalue weighted by Crippen LogP contribution is -2.24. The summed E-state index contributed by atoms with van der Waals surface area (Å²) < 4.78 is 0. The molecule has 0 fully saturated rings. The Morgan fingerprint density at radius 3 is 2.71 bits per heavy atom. The molecule has 0 spiro atoms. The van der Waals surface area contributed by atoms with E-state index in [1.54, 1.807) is 18.2 Å². The third-order valence-electron chi connectivity index (χ3n) is 2.28. The van der Waals surface area contributed by atoms with E-state index in [0.29, 0.717) is 10.6 Å². The van der Waals surface area contributed by atoms with Crippen LogP contribution in [-0.2, 0) is 14.8 Å². The Bertz CT molecular complexity index is 390. The fourth-order valence-electron chi connectivity index (χ4n) is 0.862. The van der Waals surface area contributed by atoms with E-state index in [2.05, 4.69) is 9.93 Å². The van der Waals surface area contributed by atoms with Crippen LogP contribution in [-0.4, -0.2) is 11.6 Å². The molecule has 94 valence electrons. The maximum atomic E-state index is 11.5. The lowest BCUT2D eigenvalue weighted by atomic mass is 10.1. The van der Waals surface area contributed by atoms with Crippen molar-refractivity contribution in [2.75, 3.05) is 0 Å². The Kier molecular flexibility index (Phi) is 4.93. The first kappa shape index (κ1) is 14.0. The fraction of sp³-hybridized carbons (Fsp3) is 0.417. The van der Waals surface area contributed by atoms with E-state index in [0.717, 1.165) is 6.42 Å². The van der Waals surface area contributed by atoms with Gasteiger partial charge in [0.25, 0.3) is 0 Å². The predicted molar refractivity (Wildman–Crippen MR) is 63.4 cm³/mol. The summed E-state index contributed by atoms with van der Waals surface area (Å²) in [7, 11) is 0. The molecule has 1 aromatic rings. The molecule has 0 bridgehead atoms. The molecule has 0 N–H and O–H groups in total. The van der Waals surface area contributed by atoms with Gasteiger partial charge in [0.2, 0.25) is 0 Å². The summed E-state index contributed by atoms with van der Waals surface area (Å²) in [6, 6.07) is 6.37.